The van der Waals surface area contributed by atoms with Gasteiger partial charge in [-0.15, -0.1) is 0 Å². The number of amides is 2. The molecule has 1 aliphatic heterocycles. The predicted molar refractivity (Wildman–Crippen MR) is 96.7 cm³/mol. The van der Waals surface area contributed by atoms with Crippen LogP contribution in [0.3, 0.4) is 0 Å². The lowest BCUT2D eigenvalue weighted by Gasteiger charge is -2.14. The number of halogens is 1. The van der Waals surface area contributed by atoms with Crippen molar-refractivity contribution in [3.05, 3.63) is 64.7 Å². The molecule has 1 fully saturated rings. The Hall–Kier alpha value is -2.37. The van der Waals surface area contributed by atoms with Crippen LogP contribution in [0, 0.1) is 0 Å². The van der Waals surface area contributed by atoms with Gasteiger partial charge >= 0.3 is 0 Å². The molecule has 5 nitrogen and oxygen atoms in total. The Labute approximate surface area is 151 Å². The molecule has 1 saturated heterocycles. The van der Waals surface area contributed by atoms with Crippen LogP contribution in [0.15, 0.2) is 48.5 Å². The largest absolute Gasteiger partial charge is 0.368 e. The van der Waals surface area contributed by atoms with Gasteiger partial charge in [0.1, 0.15) is 6.10 Å². The number of ether oxygens (including phenoxy) is 1. The molecule has 2 N–H and O–H groups in total. The molecule has 0 bridgehead atoms. The summed E-state index contributed by atoms with van der Waals surface area (Å²) in [6, 6.07) is 14.2. The van der Waals surface area contributed by atoms with E-state index in [9.17, 15) is 9.59 Å². The SMILES string of the molecule is O=C(NCc1ccc(Cl)cc1)c1ccccc1NC(=O)C1CCCO1. The molecule has 25 heavy (non-hydrogen) atoms. The van der Waals surface area contributed by atoms with Crippen molar-refractivity contribution in [1.29, 1.82) is 0 Å². The maximum absolute atomic E-state index is 12.5. The maximum Gasteiger partial charge on any atom is 0.253 e. The van der Waals surface area contributed by atoms with Crippen LogP contribution in [0.25, 0.3) is 0 Å². The molecule has 2 aromatic rings. The molecule has 0 saturated carbocycles. The van der Waals surface area contributed by atoms with Gasteiger partial charge in [0.2, 0.25) is 0 Å². The summed E-state index contributed by atoms with van der Waals surface area (Å²) >= 11 is 5.86. The summed E-state index contributed by atoms with van der Waals surface area (Å²) < 4.78 is 5.38. The summed E-state index contributed by atoms with van der Waals surface area (Å²) in [5.74, 6) is -0.464. The highest BCUT2D eigenvalue weighted by molar-refractivity contribution is 6.30. The van der Waals surface area contributed by atoms with Crippen LogP contribution in [-0.4, -0.2) is 24.5 Å². The number of rotatable bonds is 5. The number of anilines is 1. The van der Waals surface area contributed by atoms with E-state index in [0.29, 0.717) is 35.8 Å². The minimum atomic E-state index is -0.440. The molecular formula is C19H19ClN2O3. The van der Waals surface area contributed by atoms with Crippen LogP contribution < -0.4 is 10.6 Å². The van der Waals surface area contributed by atoms with E-state index in [2.05, 4.69) is 10.6 Å². The van der Waals surface area contributed by atoms with Gasteiger partial charge in [0.05, 0.1) is 11.3 Å². The molecule has 3 rings (SSSR count). The van der Waals surface area contributed by atoms with Gasteiger partial charge in [0.25, 0.3) is 11.8 Å². The normalized spacial score (nSPS) is 16.4. The van der Waals surface area contributed by atoms with Gasteiger partial charge in [-0.25, -0.2) is 0 Å². The third-order valence-electron chi connectivity index (χ3n) is 4.02. The Morgan fingerprint density at radius 2 is 1.88 bits per heavy atom. The second-order valence-electron chi connectivity index (χ2n) is 5.85. The zero-order valence-corrected chi connectivity index (χ0v) is 14.4. The first-order valence-corrected chi connectivity index (χ1v) is 8.55. The first-order chi connectivity index (χ1) is 12.1. The maximum atomic E-state index is 12.5. The second-order valence-corrected chi connectivity index (χ2v) is 6.28. The fourth-order valence-corrected chi connectivity index (χ4v) is 2.79. The molecule has 0 aliphatic carbocycles. The van der Waals surface area contributed by atoms with Crippen molar-refractivity contribution in [1.82, 2.24) is 5.32 Å². The van der Waals surface area contributed by atoms with E-state index in [1.165, 1.54) is 0 Å². The van der Waals surface area contributed by atoms with E-state index >= 15 is 0 Å². The van der Waals surface area contributed by atoms with E-state index in [1.54, 1.807) is 36.4 Å². The van der Waals surface area contributed by atoms with Crippen LogP contribution in [-0.2, 0) is 16.1 Å². The fraction of sp³-hybridized carbons (Fsp3) is 0.263. The summed E-state index contributed by atoms with van der Waals surface area (Å²) in [5, 5.41) is 6.30. The summed E-state index contributed by atoms with van der Waals surface area (Å²) in [7, 11) is 0. The quantitative estimate of drug-likeness (QED) is 0.860. The topological polar surface area (TPSA) is 67.4 Å². The minimum Gasteiger partial charge on any atom is -0.368 e. The van der Waals surface area contributed by atoms with Crippen molar-refractivity contribution in [3.8, 4) is 0 Å². The van der Waals surface area contributed by atoms with Gasteiger partial charge in [-0.05, 0) is 42.7 Å². The van der Waals surface area contributed by atoms with Crippen molar-refractivity contribution in [2.24, 2.45) is 0 Å². The average molecular weight is 359 g/mol. The molecule has 1 atom stereocenters. The van der Waals surface area contributed by atoms with Crippen molar-refractivity contribution in [3.63, 3.8) is 0 Å². The standard InChI is InChI=1S/C19H19ClN2O3/c20-14-9-7-13(8-10-14)12-21-18(23)15-4-1-2-5-16(15)22-19(24)17-6-3-11-25-17/h1-2,4-5,7-10,17H,3,6,11-12H2,(H,21,23)(H,22,24). The third-order valence-corrected chi connectivity index (χ3v) is 4.27. The van der Waals surface area contributed by atoms with Crippen LogP contribution in [0.1, 0.15) is 28.8 Å². The Kier molecular flexibility index (Phi) is 5.68. The van der Waals surface area contributed by atoms with Gasteiger partial charge in [-0.2, -0.15) is 0 Å². The number of carbonyl (C=O) groups excluding carboxylic acids is 2. The highest BCUT2D eigenvalue weighted by Gasteiger charge is 2.24. The lowest BCUT2D eigenvalue weighted by atomic mass is 10.1. The smallest absolute Gasteiger partial charge is 0.253 e. The van der Waals surface area contributed by atoms with Crippen LogP contribution in [0.5, 0.6) is 0 Å². The highest BCUT2D eigenvalue weighted by Crippen LogP contribution is 2.19. The Bertz CT molecular complexity index is 756. The van der Waals surface area contributed by atoms with Gasteiger partial charge in [0.15, 0.2) is 0 Å². The number of hydrogen-bond acceptors (Lipinski definition) is 3. The monoisotopic (exact) mass is 358 g/mol. The van der Waals surface area contributed by atoms with E-state index in [0.717, 1.165) is 12.0 Å². The van der Waals surface area contributed by atoms with Crippen molar-refractivity contribution >= 4 is 29.1 Å². The molecule has 1 heterocycles. The summed E-state index contributed by atoms with van der Waals surface area (Å²) in [6.07, 6.45) is 1.14. The Balaban J connectivity index is 1.65. The third kappa shape index (κ3) is 4.59. The first-order valence-electron chi connectivity index (χ1n) is 8.17. The number of nitrogens with one attached hydrogen (secondary N) is 2. The Morgan fingerprint density at radius 1 is 1.12 bits per heavy atom. The van der Waals surface area contributed by atoms with E-state index in [-0.39, 0.29) is 11.8 Å². The Morgan fingerprint density at radius 3 is 2.60 bits per heavy atom. The zero-order chi connectivity index (χ0) is 17.6. The second kappa shape index (κ2) is 8.14. The molecule has 0 radical (unpaired) electrons. The molecule has 1 unspecified atom stereocenters. The molecule has 130 valence electrons. The molecule has 0 aromatic heterocycles. The molecule has 0 spiro atoms. The number of para-hydroxylation sites is 1. The summed E-state index contributed by atoms with van der Waals surface area (Å²) in [5.41, 5.74) is 1.85. The van der Waals surface area contributed by atoms with E-state index in [4.69, 9.17) is 16.3 Å². The van der Waals surface area contributed by atoms with Crippen molar-refractivity contribution < 1.29 is 14.3 Å². The fourth-order valence-electron chi connectivity index (χ4n) is 2.67. The lowest BCUT2D eigenvalue weighted by Crippen LogP contribution is -2.29. The van der Waals surface area contributed by atoms with Crippen molar-refractivity contribution in [2.75, 3.05) is 11.9 Å². The van der Waals surface area contributed by atoms with Gasteiger partial charge in [-0.3, -0.25) is 9.59 Å². The lowest BCUT2D eigenvalue weighted by molar-refractivity contribution is -0.124. The molecule has 6 heteroatoms. The molecule has 2 amide bonds. The van der Waals surface area contributed by atoms with Crippen LogP contribution >= 0.6 is 11.6 Å². The van der Waals surface area contributed by atoms with Gasteiger partial charge in [0, 0.05) is 18.2 Å². The first kappa shape index (κ1) is 17.5. The minimum absolute atomic E-state index is 0.213. The van der Waals surface area contributed by atoms with E-state index < -0.39 is 6.10 Å². The number of carbonyl (C=O) groups is 2. The number of hydrogen-bond donors (Lipinski definition) is 2. The molecular weight excluding hydrogens is 340 g/mol. The van der Waals surface area contributed by atoms with Crippen LogP contribution in [0.4, 0.5) is 5.69 Å². The van der Waals surface area contributed by atoms with Gasteiger partial charge < -0.3 is 15.4 Å². The summed E-state index contributed by atoms with van der Waals surface area (Å²) in [6.45, 7) is 0.978. The van der Waals surface area contributed by atoms with Crippen molar-refractivity contribution in [2.45, 2.75) is 25.5 Å². The zero-order valence-electron chi connectivity index (χ0n) is 13.6. The highest BCUT2D eigenvalue weighted by atomic mass is 35.5. The molecule has 2 aromatic carbocycles. The van der Waals surface area contributed by atoms with E-state index in [1.807, 2.05) is 12.1 Å². The average Bonchev–Trinajstić information content (AvgIpc) is 3.16. The predicted octanol–water partition coefficient (Wildman–Crippen LogP) is 3.39. The molecule has 1 aliphatic rings. The van der Waals surface area contributed by atoms with Crippen LogP contribution in [0.2, 0.25) is 5.02 Å². The van der Waals surface area contributed by atoms with Gasteiger partial charge in [-0.1, -0.05) is 35.9 Å². The number of benzene rings is 2. The summed E-state index contributed by atoms with van der Waals surface area (Å²) in [4.78, 5) is 24.7.